The van der Waals surface area contributed by atoms with E-state index in [1.165, 1.54) is 0 Å². The molecule has 0 aliphatic carbocycles. The summed E-state index contributed by atoms with van der Waals surface area (Å²) in [4.78, 5) is 26.8. The molecule has 1 aromatic heterocycles. The van der Waals surface area contributed by atoms with Crippen LogP contribution in [-0.4, -0.2) is 53.1 Å². The van der Waals surface area contributed by atoms with E-state index in [4.69, 9.17) is 4.52 Å². The van der Waals surface area contributed by atoms with Crippen LogP contribution in [0.15, 0.2) is 10.6 Å². The van der Waals surface area contributed by atoms with E-state index in [9.17, 15) is 9.59 Å². The van der Waals surface area contributed by atoms with Crippen molar-refractivity contribution in [2.75, 3.05) is 31.5 Å². The minimum atomic E-state index is -0.216. The van der Waals surface area contributed by atoms with E-state index >= 15 is 0 Å². The van der Waals surface area contributed by atoms with Crippen molar-refractivity contribution in [3.63, 3.8) is 0 Å². The van der Waals surface area contributed by atoms with Gasteiger partial charge in [-0.05, 0) is 0 Å². The lowest BCUT2D eigenvalue weighted by Gasteiger charge is -2.33. The maximum Gasteiger partial charge on any atom is 0.323 e. The van der Waals surface area contributed by atoms with E-state index in [0.29, 0.717) is 32.0 Å². The van der Waals surface area contributed by atoms with Gasteiger partial charge in [-0.2, -0.15) is 0 Å². The van der Waals surface area contributed by atoms with Crippen LogP contribution in [0.25, 0.3) is 0 Å². The highest BCUT2D eigenvalue weighted by molar-refractivity contribution is 5.88. The third kappa shape index (κ3) is 3.74. The lowest BCUT2D eigenvalue weighted by molar-refractivity contribution is -0.130. The van der Waals surface area contributed by atoms with E-state index < -0.39 is 0 Å². The molecule has 7 nitrogen and oxygen atoms in total. The summed E-state index contributed by atoms with van der Waals surface area (Å²) >= 11 is 0. The number of carbonyl (C=O) groups is 2. The van der Waals surface area contributed by atoms with Gasteiger partial charge in [-0.15, -0.1) is 0 Å². The molecule has 1 aromatic rings. The van der Waals surface area contributed by atoms with Gasteiger partial charge in [0.25, 0.3) is 0 Å². The molecule has 3 amide bonds. The molecular formula is C14H22N4O3. The Morgan fingerprint density at radius 3 is 2.24 bits per heavy atom. The first-order chi connectivity index (χ1) is 9.77. The molecule has 0 unspecified atom stereocenters. The Morgan fingerprint density at radius 2 is 1.76 bits per heavy atom. The summed E-state index contributed by atoms with van der Waals surface area (Å²) in [6, 6.07) is 1.52. The molecule has 1 fully saturated rings. The Labute approximate surface area is 124 Å². The van der Waals surface area contributed by atoms with Crippen molar-refractivity contribution in [1.82, 2.24) is 15.0 Å². The molecule has 21 heavy (non-hydrogen) atoms. The zero-order chi connectivity index (χ0) is 15.6. The Kier molecular flexibility index (Phi) is 4.20. The quantitative estimate of drug-likeness (QED) is 0.854. The fraction of sp³-hybridized carbons (Fsp3) is 0.643. The SMILES string of the molecule is CC(=O)N1CCN(C(=O)Nc2cc(C(C)(C)C)on2)CC1. The van der Waals surface area contributed by atoms with Gasteiger partial charge >= 0.3 is 6.03 Å². The highest BCUT2D eigenvalue weighted by atomic mass is 16.5. The van der Waals surface area contributed by atoms with Gasteiger partial charge in [-0.3, -0.25) is 10.1 Å². The van der Waals surface area contributed by atoms with Crippen molar-refractivity contribution in [1.29, 1.82) is 0 Å². The minimum Gasteiger partial charge on any atom is -0.359 e. The second-order valence-corrected chi connectivity index (χ2v) is 6.25. The van der Waals surface area contributed by atoms with Crippen molar-refractivity contribution in [3.05, 3.63) is 11.8 Å². The number of hydrogen-bond donors (Lipinski definition) is 1. The molecule has 0 radical (unpaired) electrons. The monoisotopic (exact) mass is 294 g/mol. The molecule has 0 atom stereocenters. The van der Waals surface area contributed by atoms with Crippen molar-refractivity contribution < 1.29 is 14.1 Å². The van der Waals surface area contributed by atoms with Gasteiger partial charge in [0.15, 0.2) is 5.82 Å². The molecule has 1 aliphatic heterocycles. The van der Waals surface area contributed by atoms with Crippen molar-refractivity contribution in [2.45, 2.75) is 33.1 Å². The van der Waals surface area contributed by atoms with Gasteiger partial charge < -0.3 is 14.3 Å². The van der Waals surface area contributed by atoms with Gasteiger partial charge in [0.1, 0.15) is 5.76 Å². The van der Waals surface area contributed by atoms with E-state index in [1.807, 2.05) is 20.8 Å². The molecule has 1 aliphatic rings. The van der Waals surface area contributed by atoms with Gasteiger partial charge in [-0.1, -0.05) is 25.9 Å². The number of hydrogen-bond acceptors (Lipinski definition) is 4. The molecular weight excluding hydrogens is 272 g/mol. The summed E-state index contributed by atoms with van der Waals surface area (Å²) in [6.45, 7) is 9.76. The van der Waals surface area contributed by atoms with Crippen LogP contribution in [0.5, 0.6) is 0 Å². The average Bonchev–Trinajstić information content (AvgIpc) is 2.87. The fourth-order valence-corrected chi connectivity index (χ4v) is 2.10. The largest absolute Gasteiger partial charge is 0.359 e. The number of rotatable bonds is 1. The number of urea groups is 1. The van der Waals surface area contributed by atoms with Crippen LogP contribution in [0, 0.1) is 0 Å². The smallest absolute Gasteiger partial charge is 0.323 e. The molecule has 7 heteroatoms. The Morgan fingerprint density at radius 1 is 1.19 bits per heavy atom. The molecule has 2 heterocycles. The number of nitrogens with zero attached hydrogens (tertiary/aromatic N) is 3. The minimum absolute atomic E-state index is 0.0429. The molecule has 0 aromatic carbocycles. The zero-order valence-corrected chi connectivity index (χ0v) is 13.0. The molecule has 1 saturated heterocycles. The second kappa shape index (κ2) is 5.75. The van der Waals surface area contributed by atoms with Crippen LogP contribution >= 0.6 is 0 Å². The number of anilines is 1. The van der Waals surface area contributed by atoms with Crippen LogP contribution in [0.2, 0.25) is 0 Å². The van der Waals surface area contributed by atoms with Gasteiger partial charge in [0.2, 0.25) is 5.91 Å². The summed E-state index contributed by atoms with van der Waals surface area (Å²) in [5.74, 6) is 1.18. The zero-order valence-electron chi connectivity index (χ0n) is 13.0. The number of carbonyl (C=O) groups excluding carboxylic acids is 2. The van der Waals surface area contributed by atoms with Crippen LogP contribution in [0.4, 0.5) is 10.6 Å². The van der Waals surface area contributed by atoms with Crippen molar-refractivity contribution >= 4 is 17.8 Å². The third-order valence-corrected chi connectivity index (χ3v) is 3.50. The van der Waals surface area contributed by atoms with Gasteiger partial charge in [0.05, 0.1) is 0 Å². The van der Waals surface area contributed by atoms with E-state index in [2.05, 4.69) is 10.5 Å². The summed E-state index contributed by atoms with van der Waals surface area (Å²) < 4.78 is 5.23. The van der Waals surface area contributed by atoms with Crippen LogP contribution in [0.3, 0.4) is 0 Å². The lowest BCUT2D eigenvalue weighted by atomic mass is 9.93. The number of amides is 3. The number of piperazine rings is 1. The number of nitrogens with one attached hydrogen (secondary N) is 1. The summed E-state index contributed by atoms with van der Waals surface area (Å²) in [6.07, 6.45) is 0. The molecule has 116 valence electrons. The van der Waals surface area contributed by atoms with Gasteiger partial charge in [-0.25, -0.2) is 4.79 Å². The molecule has 0 bridgehead atoms. The Balaban J connectivity index is 1.91. The van der Waals surface area contributed by atoms with Crippen molar-refractivity contribution in [2.24, 2.45) is 0 Å². The van der Waals surface area contributed by atoms with Crippen LogP contribution in [-0.2, 0) is 10.2 Å². The second-order valence-electron chi connectivity index (χ2n) is 6.25. The number of aromatic nitrogens is 1. The first kappa shape index (κ1) is 15.3. The topological polar surface area (TPSA) is 78.7 Å². The maximum atomic E-state index is 12.1. The van der Waals surface area contributed by atoms with E-state index in [-0.39, 0.29) is 17.4 Å². The van der Waals surface area contributed by atoms with E-state index in [1.54, 1.807) is 22.8 Å². The Bertz CT molecular complexity index is 525. The van der Waals surface area contributed by atoms with Gasteiger partial charge in [0, 0.05) is 44.6 Å². The van der Waals surface area contributed by atoms with Crippen molar-refractivity contribution in [3.8, 4) is 0 Å². The normalized spacial score (nSPS) is 16.0. The Hall–Kier alpha value is -2.05. The lowest BCUT2D eigenvalue weighted by Crippen LogP contribution is -2.51. The molecule has 0 spiro atoms. The van der Waals surface area contributed by atoms with Crippen LogP contribution < -0.4 is 5.32 Å². The predicted octanol–water partition coefficient (Wildman–Crippen LogP) is 1.67. The first-order valence-corrected chi connectivity index (χ1v) is 7.06. The maximum absolute atomic E-state index is 12.1. The molecule has 1 N–H and O–H groups in total. The predicted molar refractivity (Wildman–Crippen MR) is 78.0 cm³/mol. The van der Waals surface area contributed by atoms with E-state index in [0.717, 1.165) is 5.76 Å². The molecule has 0 saturated carbocycles. The average molecular weight is 294 g/mol. The third-order valence-electron chi connectivity index (χ3n) is 3.50. The summed E-state index contributed by atoms with van der Waals surface area (Å²) in [7, 11) is 0. The summed E-state index contributed by atoms with van der Waals surface area (Å²) in [5, 5.41) is 6.59. The molecule has 2 rings (SSSR count). The standard InChI is InChI=1S/C14H22N4O3/c1-10(19)17-5-7-18(8-6-17)13(20)15-12-9-11(21-16-12)14(2,3)4/h9H,5-8H2,1-4H3,(H,15,16,20). The highest BCUT2D eigenvalue weighted by Crippen LogP contribution is 2.24. The highest BCUT2D eigenvalue weighted by Gasteiger charge is 2.24. The summed E-state index contributed by atoms with van der Waals surface area (Å²) in [5.41, 5.74) is -0.150. The fourth-order valence-electron chi connectivity index (χ4n) is 2.10. The van der Waals surface area contributed by atoms with Crippen LogP contribution in [0.1, 0.15) is 33.5 Å². The first-order valence-electron chi connectivity index (χ1n) is 7.06.